The summed E-state index contributed by atoms with van der Waals surface area (Å²) in [4.78, 5) is 25.3. The van der Waals surface area contributed by atoms with Crippen LogP contribution in [-0.4, -0.2) is 66.4 Å². The fourth-order valence-corrected chi connectivity index (χ4v) is 5.50. The minimum absolute atomic E-state index is 0.0389. The number of hydrogen-bond donors (Lipinski definition) is 0. The normalized spacial score (nSPS) is 25.8. The molecule has 3 heterocycles. The van der Waals surface area contributed by atoms with E-state index in [-0.39, 0.29) is 23.5 Å². The zero-order valence-corrected chi connectivity index (χ0v) is 15.7. The van der Waals surface area contributed by atoms with Crippen LogP contribution in [0, 0.1) is 0 Å². The van der Waals surface area contributed by atoms with Gasteiger partial charge in [0.1, 0.15) is 5.69 Å². The lowest BCUT2D eigenvalue weighted by Crippen LogP contribution is -2.41. The van der Waals surface area contributed by atoms with Crippen LogP contribution in [0.3, 0.4) is 0 Å². The molecule has 8 heteroatoms. The van der Waals surface area contributed by atoms with Crippen molar-refractivity contribution in [2.24, 2.45) is 0 Å². The second-order valence-electron chi connectivity index (χ2n) is 6.97. The molecule has 2 atom stereocenters. The predicted octanol–water partition coefficient (Wildman–Crippen LogP) is 1.50. The SMILES string of the molecule is CCC1CCCCN1c1nccc(C(=O)N(C)C2CCS(=O)(=O)C2)n1. The van der Waals surface area contributed by atoms with E-state index < -0.39 is 9.84 Å². The first-order valence-electron chi connectivity index (χ1n) is 8.98. The van der Waals surface area contributed by atoms with Crippen LogP contribution in [0.15, 0.2) is 12.3 Å². The van der Waals surface area contributed by atoms with Gasteiger partial charge in [0.05, 0.1) is 11.5 Å². The third-order valence-corrected chi connectivity index (χ3v) is 7.04. The van der Waals surface area contributed by atoms with Crippen molar-refractivity contribution in [2.75, 3.05) is 30.0 Å². The Labute approximate surface area is 149 Å². The minimum atomic E-state index is -3.03. The van der Waals surface area contributed by atoms with E-state index in [2.05, 4.69) is 21.8 Å². The molecule has 2 saturated heterocycles. The van der Waals surface area contributed by atoms with Crippen molar-refractivity contribution in [2.45, 2.75) is 51.1 Å². The number of sulfone groups is 1. The van der Waals surface area contributed by atoms with Gasteiger partial charge in [-0.1, -0.05) is 6.92 Å². The van der Waals surface area contributed by atoms with Gasteiger partial charge in [-0.15, -0.1) is 0 Å². The van der Waals surface area contributed by atoms with Crippen molar-refractivity contribution in [1.29, 1.82) is 0 Å². The summed E-state index contributed by atoms with van der Waals surface area (Å²) >= 11 is 0. The number of nitrogens with zero attached hydrogens (tertiary/aromatic N) is 4. The van der Waals surface area contributed by atoms with Crippen LogP contribution in [0.2, 0.25) is 0 Å². The number of carbonyl (C=O) groups excluding carboxylic acids is 1. The van der Waals surface area contributed by atoms with Crippen LogP contribution < -0.4 is 4.90 Å². The Morgan fingerprint density at radius 3 is 2.84 bits per heavy atom. The van der Waals surface area contributed by atoms with Gasteiger partial charge in [0, 0.05) is 31.9 Å². The van der Waals surface area contributed by atoms with E-state index >= 15 is 0 Å². The molecule has 138 valence electrons. The van der Waals surface area contributed by atoms with Gasteiger partial charge in [0.15, 0.2) is 9.84 Å². The Morgan fingerprint density at radius 1 is 1.36 bits per heavy atom. The standard InChI is InChI=1S/C17H26N4O3S/c1-3-13-6-4-5-10-21(13)17-18-9-7-15(19-17)16(22)20(2)14-8-11-25(23,24)12-14/h7,9,13-14H,3-6,8,10-12H2,1-2H3. The molecule has 0 aromatic carbocycles. The molecule has 2 fully saturated rings. The van der Waals surface area contributed by atoms with Crippen molar-refractivity contribution in [3.8, 4) is 0 Å². The van der Waals surface area contributed by atoms with Crippen LogP contribution in [0.25, 0.3) is 0 Å². The summed E-state index contributed by atoms with van der Waals surface area (Å²) in [5.41, 5.74) is 0.331. The Hall–Kier alpha value is -1.70. The molecule has 1 aromatic heterocycles. The summed E-state index contributed by atoms with van der Waals surface area (Å²) in [6, 6.07) is 1.75. The largest absolute Gasteiger partial charge is 0.338 e. The van der Waals surface area contributed by atoms with E-state index in [1.165, 1.54) is 11.3 Å². The van der Waals surface area contributed by atoms with Gasteiger partial charge in [-0.25, -0.2) is 18.4 Å². The van der Waals surface area contributed by atoms with E-state index in [0.29, 0.717) is 24.1 Å². The highest BCUT2D eigenvalue weighted by molar-refractivity contribution is 7.91. The lowest BCUT2D eigenvalue weighted by molar-refractivity contribution is 0.0741. The molecule has 2 aliphatic rings. The second-order valence-corrected chi connectivity index (χ2v) is 9.19. The highest BCUT2D eigenvalue weighted by Gasteiger charge is 2.33. The minimum Gasteiger partial charge on any atom is -0.338 e. The monoisotopic (exact) mass is 366 g/mol. The number of anilines is 1. The molecular weight excluding hydrogens is 340 g/mol. The van der Waals surface area contributed by atoms with Gasteiger partial charge in [-0.05, 0) is 38.2 Å². The first-order chi connectivity index (χ1) is 11.9. The van der Waals surface area contributed by atoms with Gasteiger partial charge in [0.2, 0.25) is 5.95 Å². The molecule has 3 rings (SSSR count). The van der Waals surface area contributed by atoms with E-state index in [1.54, 1.807) is 19.3 Å². The average Bonchev–Trinajstić information content (AvgIpc) is 3.00. The molecule has 2 aliphatic heterocycles. The molecule has 0 aliphatic carbocycles. The smallest absolute Gasteiger partial charge is 0.272 e. The molecule has 25 heavy (non-hydrogen) atoms. The first-order valence-corrected chi connectivity index (χ1v) is 10.8. The number of rotatable bonds is 4. The van der Waals surface area contributed by atoms with Crippen molar-refractivity contribution in [3.05, 3.63) is 18.0 Å². The molecule has 2 unspecified atom stereocenters. The lowest BCUT2D eigenvalue weighted by atomic mass is 10.0. The van der Waals surface area contributed by atoms with Crippen molar-refractivity contribution in [3.63, 3.8) is 0 Å². The van der Waals surface area contributed by atoms with Gasteiger partial charge >= 0.3 is 0 Å². The summed E-state index contributed by atoms with van der Waals surface area (Å²) < 4.78 is 23.3. The Bertz CT molecular complexity index is 737. The van der Waals surface area contributed by atoms with Crippen molar-refractivity contribution >= 4 is 21.7 Å². The Balaban J connectivity index is 1.77. The molecule has 7 nitrogen and oxygen atoms in total. The van der Waals surface area contributed by atoms with Gasteiger partial charge in [-0.3, -0.25) is 4.79 Å². The molecule has 0 N–H and O–H groups in total. The summed E-state index contributed by atoms with van der Waals surface area (Å²) in [5.74, 6) is 0.550. The van der Waals surface area contributed by atoms with E-state index in [4.69, 9.17) is 0 Å². The summed E-state index contributed by atoms with van der Waals surface area (Å²) in [6.45, 7) is 3.07. The third-order valence-electron chi connectivity index (χ3n) is 5.29. The Morgan fingerprint density at radius 2 is 2.16 bits per heavy atom. The van der Waals surface area contributed by atoms with Crippen LogP contribution in [0.5, 0.6) is 0 Å². The van der Waals surface area contributed by atoms with Crippen LogP contribution in [0.1, 0.15) is 49.5 Å². The maximum atomic E-state index is 12.8. The second kappa shape index (κ2) is 7.27. The fraction of sp³-hybridized carbons (Fsp3) is 0.706. The molecular formula is C17H26N4O3S. The Kier molecular flexibility index (Phi) is 5.27. The molecule has 0 bridgehead atoms. The summed E-state index contributed by atoms with van der Waals surface area (Å²) in [5, 5.41) is 0. The van der Waals surface area contributed by atoms with E-state index in [1.807, 2.05) is 0 Å². The van der Waals surface area contributed by atoms with Crippen molar-refractivity contribution < 1.29 is 13.2 Å². The number of carbonyl (C=O) groups is 1. The van der Waals surface area contributed by atoms with Gasteiger partial charge < -0.3 is 9.80 Å². The quantitative estimate of drug-likeness (QED) is 0.803. The lowest BCUT2D eigenvalue weighted by Gasteiger charge is -2.35. The van der Waals surface area contributed by atoms with Crippen LogP contribution in [0.4, 0.5) is 5.95 Å². The highest BCUT2D eigenvalue weighted by atomic mass is 32.2. The van der Waals surface area contributed by atoms with Gasteiger partial charge in [0.25, 0.3) is 5.91 Å². The topological polar surface area (TPSA) is 83.5 Å². The fourth-order valence-electron chi connectivity index (χ4n) is 3.72. The van der Waals surface area contributed by atoms with E-state index in [9.17, 15) is 13.2 Å². The molecule has 1 amide bonds. The third kappa shape index (κ3) is 3.94. The number of aromatic nitrogens is 2. The van der Waals surface area contributed by atoms with Crippen LogP contribution in [-0.2, 0) is 9.84 Å². The number of hydrogen-bond acceptors (Lipinski definition) is 6. The molecule has 0 radical (unpaired) electrons. The predicted molar refractivity (Wildman–Crippen MR) is 96.5 cm³/mol. The molecule has 0 saturated carbocycles. The number of amides is 1. The average molecular weight is 366 g/mol. The zero-order chi connectivity index (χ0) is 18.0. The highest BCUT2D eigenvalue weighted by Crippen LogP contribution is 2.24. The zero-order valence-electron chi connectivity index (χ0n) is 14.9. The molecule has 1 aromatic rings. The van der Waals surface area contributed by atoms with E-state index in [0.717, 1.165) is 25.8 Å². The summed E-state index contributed by atoms with van der Waals surface area (Å²) in [7, 11) is -1.37. The summed E-state index contributed by atoms with van der Waals surface area (Å²) in [6.07, 6.45) is 6.59. The van der Waals surface area contributed by atoms with Crippen molar-refractivity contribution in [1.82, 2.24) is 14.9 Å². The maximum Gasteiger partial charge on any atom is 0.272 e. The van der Waals surface area contributed by atoms with Gasteiger partial charge in [-0.2, -0.15) is 0 Å². The van der Waals surface area contributed by atoms with Crippen LogP contribution >= 0.6 is 0 Å². The first kappa shape index (κ1) is 18.1. The maximum absolute atomic E-state index is 12.8. The molecule has 0 spiro atoms. The number of piperidine rings is 1.